The number of hydrogen-bond donors (Lipinski definition) is 1. The molecule has 6 nitrogen and oxygen atoms in total. The van der Waals surface area contributed by atoms with Crippen LogP contribution in [-0.2, 0) is 0 Å². The molecular weight excluding hydrogens is 344 g/mol. The minimum absolute atomic E-state index is 0.267. The van der Waals surface area contributed by atoms with Crippen molar-refractivity contribution in [2.45, 2.75) is 20.8 Å². The first kappa shape index (κ1) is 18.8. The third kappa shape index (κ3) is 4.05. The summed E-state index contributed by atoms with van der Waals surface area (Å²) in [5.74, 6) is 3.37. The fourth-order valence-electron chi connectivity index (χ4n) is 2.82. The van der Waals surface area contributed by atoms with E-state index in [9.17, 15) is 4.79 Å². The average Bonchev–Trinajstić information content (AvgIpc) is 2.64. The SMILES string of the molecule is COc1cc(OC)c2c(=O)[nH]c(-c3cc(C)cc(OC[C](C)C)c3)nc2c1. The summed E-state index contributed by atoms with van der Waals surface area (Å²) in [6.45, 7) is 6.54. The van der Waals surface area contributed by atoms with Crippen LogP contribution in [0.25, 0.3) is 22.3 Å². The Morgan fingerprint density at radius 3 is 2.48 bits per heavy atom. The van der Waals surface area contributed by atoms with Gasteiger partial charge in [0.05, 0.1) is 26.3 Å². The fraction of sp³-hybridized carbons (Fsp3) is 0.286. The smallest absolute Gasteiger partial charge is 0.262 e. The zero-order valence-electron chi connectivity index (χ0n) is 16.2. The van der Waals surface area contributed by atoms with Gasteiger partial charge < -0.3 is 19.2 Å². The molecule has 0 bridgehead atoms. The van der Waals surface area contributed by atoms with Crippen LogP contribution >= 0.6 is 0 Å². The van der Waals surface area contributed by atoms with Crippen LogP contribution in [-0.4, -0.2) is 30.8 Å². The van der Waals surface area contributed by atoms with Crippen molar-refractivity contribution in [3.8, 4) is 28.6 Å². The van der Waals surface area contributed by atoms with Crippen LogP contribution in [0.15, 0.2) is 35.1 Å². The van der Waals surface area contributed by atoms with Crippen LogP contribution in [0.1, 0.15) is 19.4 Å². The molecule has 0 atom stereocenters. The van der Waals surface area contributed by atoms with E-state index in [1.54, 1.807) is 19.2 Å². The molecule has 1 aromatic heterocycles. The maximum absolute atomic E-state index is 12.7. The van der Waals surface area contributed by atoms with Crippen molar-refractivity contribution in [3.05, 3.63) is 52.2 Å². The molecule has 6 heteroatoms. The van der Waals surface area contributed by atoms with Crippen LogP contribution in [0.3, 0.4) is 0 Å². The number of fused-ring (bicyclic) bond motifs is 1. The third-order valence-corrected chi connectivity index (χ3v) is 4.05. The van der Waals surface area contributed by atoms with Gasteiger partial charge in [0, 0.05) is 23.6 Å². The van der Waals surface area contributed by atoms with E-state index >= 15 is 0 Å². The van der Waals surface area contributed by atoms with E-state index in [2.05, 4.69) is 9.97 Å². The van der Waals surface area contributed by atoms with Gasteiger partial charge >= 0.3 is 0 Å². The Morgan fingerprint density at radius 1 is 1.04 bits per heavy atom. The molecule has 0 amide bonds. The summed E-state index contributed by atoms with van der Waals surface area (Å²) in [6, 6.07) is 9.17. The number of aromatic amines is 1. The number of aryl methyl sites for hydroxylation is 1. The molecule has 1 N–H and O–H groups in total. The van der Waals surface area contributed by atoms with Gasteiger partial charge in [-0.05, 0) is 30.7 Å². The molecule has 2 aromatic carbocycles. The molecule has 0 unspecified atom stereocenters. The summed E-state index contributed by atoms with van der Waals surface area (Å²) in [5.41, 5.74) is 2.03. The largest absolute Gasteiger partial charge is 0.497 e. The molecular formula is C21H23N2O4. The lowest BCUT2D eigenvalue weighted by atomic mass is 10.1. The number of H-pyrrole nitrogens is 1. The number of nitrogens with one attached hydrogen (secondary N) is 1. The molecule has 3 aromatic rings. The summed E-state index contributed by atoms with van der Waals surface area (Å²) in [5, 5.41) is 0.391. The molecule has 3 rings (SSSR count). The highest BCUT2D eigenvalue weighted by Crippen LogP contribution is 2.30. The second kappa shape index (κ2) is 7.70. The predicted molar refractivity (Wildman–Crippen MR) is 106 cm³/mol. The third-order valence-electron chi connectivity index (χ3n) is 4.05. The molecule has 1 radical (unpaired) electrons. The van der Waals surface area contributed by atoms with Gasteiger partial charge in [0.15, 0.2) is 0 Å². The zero-order chi connectivity index (χ0) is 19.6. The summed E-state index contributed by atoms with van der Waals surface area (Å²) in [7, 11) is 3.07. The zero-order valence-corrected chi connectivity index (χ0v) is 16.2. The van der Waals surface area contributed by atoms with Crippen molar-refractivity contribution in [1.82, 2.24) is 9.97 Å². The van der Waals surface area contributed by atoms with Crippen LogP contribution in [0.5, 0.6) is 17.2 Å². The number of rotatable bonds is 6. The lowest BCUT2D eigenvalue weighted by Crippen LogP contribution is -2.11. The number of methoxy groups -OCH3 is 2. The van der Waals surface area contributed by atoms with E-state index in [1.165, 1.54) is 13.0 Å². The van der Waals surface area contributed by atoms with E-state index in [4.69, 9.17) is 14.2 Å². The Hall–Kier alpha value is -3.02. The molecule has 0 aliphatic heterocycles. The van der Waals surface area contributed by atoms with Crippen LogP contribution < -0.4 is 19.8 Å². The molecule has 141 valence electrons. The number of aromatic nitrogens is 2. The minimum atomic E-state index is -0.267. The second-order valence-electron chi connectivity index (χ2n) is 6.67. The van der Waals surface area contributed by atoms with E-state index in [1.807, 2.05) is 39.0 Å². The lowest BCUT2D eigenvalue weighted by Gasteiger charge is -2.12. The first-order chi connectivity index (χ1) is 12.9. The van der Waals surface area contributed by atoms with E-state index in [0.717, 1.165) is 16.9 Å². The molecule has 1 heterocycles. The summed E-state index contributed by atoms with van der Waals surface area (Å²) >= 11 is 0. The lowest BCUT2D eigenvalue weighted by molar-refractivity contribution is 0.332. The molecule has 0 saturated carbocycles. The van der Waals surface area contributed by atoms with E-state index < -0.39 is 0 Å². The van der Waals surface area contributed by atoms with Gasteiger partial charge in [-0.25, -0.2) is 4.98 Å². The monoisotopic (exact) mass is 367 g/mol. The highest BCUT2D eigenvalue weighted by atomic mass is 16.5. The second-order valence-corrected chi connectivity index (χ2v) is 6.67. The van der Waals surface area contributed by atoms with Crippen molar-refractivity contribution in [3.63, 3.8) is 0 Å². The first-order valence-electron chi connectivity index (χ1n) is 8.61. The van der Waals surface area contributed by atoms with Gasteiger partial charge in [-0.2, -0.15) is 0 Å². The van der Waals surface area contributed by atoms with Gasteiger partial charge in [0.25, 0.3) is 5.56 Å². The molecule has 0 aliphatic carbocycles. The highest BCUT2D eigenvalue weighted by molar-refractivity contribution is 5.87. The van der Waals surface area contributed by atoms with Crippen molar-refractivity contribution in [2.24, 2.45) is 0 Å². The van der Waals surface area contributed by atoms with Gasteiger partial charge in [-0.15, -0.1) is 0 Å². The molecule has 27 heavy (non-hydrogen) atoms. The Labute approximate surface area is 158 Å². The van der Waals surface area contributed by atoms with Crippen molar-refractivity contribution in [1.29, 1.82) is 0 Å². The van der Waals surface area contributed by atoms with E-state index in [-0.39, 0.29) is 5.56 Å². The number of ether oxygens (including phenoxy) is 3. The summed E-state index contributed by atoms with van der Waals surface area (Å²) < 4.78 is 16.4. The highest BCUT2D eigenvalue weighted by Gasteiger charge is 2.14. The van der Waals surface area contributed by atoms with Crippen LogP contribution in [0.4, 0.5) is 0 Å². The predicted octanol–water partition coefficient (Wildman–Crippen LogP) is 3.91. The molecule has 0 fully saturated rings. The van der Waals surface area contributed by atoms with Crippen molar-refractivity contribution >= 4 is 10.9 Å². The normalized spacial score (nSPS) is 11.0. The Kier molecular flexibility index (Phi) is 5.35. The first-order valence-corrected chi connectivity index (χ1v) is 8.61. The van der Waals surface area contributed by atoms with Crippen molar-refractivity contribution in [2.75, 3.05) is 20.8 Å². The standard InChI is InChI=1S/C21H23N2O4/c1-12(2)11-27-16-7-13(3)6-14(8-16)20-22-17-9-15(25-4)10-18(26-5)19(17)21(24)23-20/h6-10H,11H2,1-5H3,(H,22,23,24). The van der Waals surface area contributed by atoms with Gasteiger partial charge in [0.1, 0.15) is 28.5 Å². The maximum atomic E-state index is 12.7. The molecule has 0 aliphatic rings. The number of benzene rings is 2. The molecule has 0 saturated heterocycles. The van der Waals surface area contributed by atoms with Gasteiger partial charge in [-0.1, -0.05) is 13.8 Å². The Morgan fingerprint density at radius 2 is 1.81 bits per heavy atom. The Bertz CT molecular complexity index is 1020. The maximum Gasteiger partial charge on any atom is 0.262 e. The van der Waals surface area contributed by atoms with Gasteiger partial charge in [-0.3, -0.25) is 4.79 Å². The minimum Gasteiger partial charge on any atom is -0.497 e. The van der Waals surface area contributed by atoms with E-state index in [0.29, 0.717) is 34.8 Å². The summed E-state index contributed by atoms with van der Waals surface area (Å²) in [6.07, 6.45) is 0. The average molecular weight is 367 g/mol. The fourth-order valence-corrected chi connectivity index (χ4v) is 2.82. The van der Waals surface area contributed by atoms with Gasteiger partial charge in [0.2, 0.25) is 0 Å². The topological polar surface area (TPSA) is 73.4 Å². The molecule has 0 spiro atoms. The number of hydrogen-bond acceptors (Lipinski definition) is 5. The van der Waals surface area contributed by atoms with Crippen molar-refractivity contribution < 1.29 is 14.2 Å². The number of nitrogens with zero attached hydrogens (tertiary/aromatic N) is 1. The van der Waals surface area contributed by atoms with Crippen LogP contribution in [0.2, 0.25) is 0 Å². The summed E-state index contributed by atoms with van der Waals surface area (Å²) in [4.78, 5) is 20.2. The van der Waals surface area contributed by atoms with Crippen LogP contribution in [0, 0.1) is 12.8 Å². The quantitative estimate of drug-likeness (QED) is 0.715. The Balaban J connectivity index is 2.13.